The number of nitrogens with zero attached hydrogens (tertiary/aromatic N) is 1. The summed E-state index contributed by atoms with van der Waals surface area (Å²) >= 11 is 0. The predicted molar refractivity (Wildman–Crippen MR) is 74.9 cm³/mol. The van der Waals surface area contributed by atoms with E-state index in [1.54, 1.807) is 6.07 Å². The minimum Gasteiger partial charge on any atom is -0.504 e. The summed E-state index contributed by atoms with van der Waals surface area (Å²) in [7, 11) is 2.56. The van der Waals surface area contributed by atoms with Crippen LogP contribution in [0.1, 0.15) is 5.56 Å². The highest BCUT2D eigenvalue weighted by Gasteiger charge is 2.35. The Balaban J connectivity index is 2.24. The summed E-state index contributed by atoms with van der Waals surface area (Å²) in [6.07, 6.45) is 1.42. The van der Waals surface area contributed by atoms with Gasteiger partial charge in [0, 0.05) is 0 Å². The number of carbonyl (C=O) groups is 3. The summed E-state index contributed by atoms with van der Waals surface area (Å²) < 4.78 is 9.39. The number of ether oxygens (including phenoxy) is 2. The zero-order valence-corrected chi connectivity index (χ0v) is 12.0. The Labute approximate surface area is 125 Å². The van der Waals surface area contributed by atoms with E-state index in [-0.39, 0.29) is 17.2 Å². The minimum atomic E-state index is -0.701. The molecule has 1 fully saturated rings. The third-order valence-corrected chi connectivity index (χ3v) is 2.99. The molecule has 2 N–H and O–H groups in total. The average molecular weight is 306 g/mol. The van der Waals surface area contributed by atoms with E-state index < -0.39 is 24.5 Å². The molecule has 0 aromatic heterocycles. The lowest BCUT2D eigenvalue weighted by Crippen LogP contribution is -2.36. The topological polar surface area (TPSA) is 105 Å². The van der Waals surface area contributed by atoms with Gasteiger partial charge in [-0.2, -0.15) is 0 Å². The van der Waals surface area contributed by atoms with E-state index in [1.807, 2.05) is 0 Å². The Morgan fingerprint density at radius 2 is 2.09 bits per heavy atom. The number of urea groups is 1. The second kappa shape index (κ2) is 6.17. The summed E-state index contributed by atoms with van der Waals surface area (Å²) in [5.41, 5.74) is 0.555. The maximum Gasteiger partial charge on any atom is 0.329 e. The van der Waals surface area contributed by atoms with Gasteiger partial charge in [-0.3, -0.25) is 9.59 Å². The van der Waals surface area contributed by atoms with Crippen molar-refractivity contribution in [2.24, 2.45) is 0 Å². The van der Waals surface area contributed by atoms with Gasteiger partial charge in [0.1, 0.15) is 12.2 Å². The first-order valence-electron chi connectivity index (χ1n) is 6.24. The minimum absolute atomic E-state index is 0.0154. The Hall–Kier alpha value is -3.03. The van der Waals surface area contributed by atoms with Crippen molar-refractivity contribution in [2.45, 2.75) is 0 Å². The molecule has 0 unspecified atom stereocenters. The fourth-order valence-corrected chi connectivity index (χ4v) is 1.86. The molecule has 0 spiro atoms. The van der Waals surface area contributed by atoms with E-state index in [4.69, 9.17) is 4.74 Å². The maximum absolute atomic E-state index is 12.1. The number of methoxy groups -OCH3 is 2. The van der Waals surface area contributed by atoms with Crippen molar-refractivity contribution in [1.82, 2.24) is 10.2 Å². The summed E-state index contributed by atoms with van der Waals surface area (Å²) in [5, 5.41) is 11.9. The molecule has 2 rings (SSSR count). The number of aromatic hydroxyl groups is 1. The highest BCUT2D eigenvalue weighted by Crippen LogP contribution is 2.27. The van der Waals surface area contributed by atoms with Crippen LogP contribution in [0, 0.1) is 0 Å². The third-order valence-electron chi connectivity index (χ3n) is 2.99. The lowest BCUT2D eigenvalue weighted by molar-refractivity contribution is -0.143. The molecule has 22 heavy (non-hydrogen) atoms. The summed E-state index contributed by atoms with van der Waals surface area (Å²) in [4.78, 5) is 35.7. The number of hydrogen-bond donors (Lipinski definition) is 2. The zero-order valence-electron chi connectivity index (χ0n) is 12.0. The number of amides is 3. The molecular weight excluding hydrogens is 292 g/mol. The van der Waals surface area contributed by atoms with Crippen LogP contribution in [-0.2, 0) is 14.3 Å². The number of carbonyl (C=O) groups excluding carboxylic acids is 3. The number of benzene rings is 1. The molecule has 1 aliphatic heterocycles. The molecule has 0 radical (unpaired) electrons. The first-order chi connectivity index (χ1) is 10.5. The van der Waals surface area contributed by atoms with Gasteiger partial charge in [0.05, 0.1) is 14.2 Å². The fourth-order valence-electron chi connectivity index (χ4n) is 1.86. The molecule has 1 aromatic carbocycles. The van der Waals surface area contributed by atoms with Crippen LogP contribution in [-0.4, -0.2) is 48.7 Å². The van der Waals surface area contributed by atoms with E-state index in [0.29, 0.717) is 5.56 Å². The van der Waals surface area contributed by atoms with Gasteiger partial charge < -0.3 is 19.9 Å². The number of hydrogen-bond acceptors (Lipinski definition) is 6. The van der Waals surface area contributed by atoms with Crippen LogP contribution in [0.15, 0.2) is 23.9 Å². The van der Waals surface area contributed by atoms with Gasteiger partial charge in [-0.15, -0.1) is 0 Å². The molecule has 116 valence electrons. The molecule has 1 saturated heterocycles. The zero-order chi connectivity index (χ0) is 16.3. The van der Waals surface area contributed by atoms with E-state index in [1.165, 1.54) is 32.4 Å². The molecule has 1 aromatic rings. The van der Waals surface area contributed by atoms with E-state index in [2.05, 4.69) is 10.1 Å². The van der Waals surface area contributed by atoms with Crippen molar-refractivity contribution in [3.8, 4) is 11.5 Å². The molecule has 0 saturated carbocycles. The van der Waals surface area contributed by atoms with Gasteiger partial charge in [-0.25, -0.2) is 9.69 Å². The molecule has 1 heterocycles. The second-order valence-corrected chi connectivity index (χ2v) is 4.39. The van der Waals surface area contributed by atoms with Crippen molar-refractivity contribution < 1.29 is 29.0 Å². The lowest BCUT2D eigenvalue weighted by Gasteiger charge is -2.09. The van der Waals surface area contributed by atoms with Crippen molar-refractivity contribution in [1.29, 1.82) is 0 Å². The summed E-state index contributed by atoms with van der Waals surface area (Å²) in [6.45, 7) is -0.461. The second-order valence-electron chi connectivity index (χ2n) is 4.39. The van der Waals surface area contributed by atoms with Crippen LogP contribution in [0.3, 0.4) is 0 Å². The van der Waals surface area contributed by atoms with Gasteiger partial charge in [0.25, 0.3) is 5.91 Å². The maximum atomic E-state index is 12.1. The monoisotopic (exact) mass is 306 g/mol. The van der Waals surface area contributed by atoms with Crippen LogP contribution < -0.4 is 10.1 Å². The third kappa shape index (κ3) is 3.00. The van der Waals surface area contributed by atoms with Crippen LogP contribution in [0.5, 0.6) is 11.5 Å². The van der Waals surface area contributed by atoms with Crippen molar-refractivity contribution >= 4 is 24.0 Å². The standard InChI is InChI=1S/C14H14N2O6/c1-21-11-6-8(3-4-10(11)17)5-9-13(19)16(14(20)15-9)7-12(18)22-2/h3-6,17H,7H2,1-2H3,(H,15,20). The van der Waals surface area contributed by atoms with Gasteiger partial charge in [0.15, 0.2) is 11.5 Å². The first kappa shape index (κ1) is 15.4. The number of phenolic OH excluding ortho intramolecular Hbond substituents is 1. The van der Waals surface area contributed by atoms with Gasteiger partial charge in [-0.05, 0) is 23.8 Å². The molecule has 0 aliphatic carbocycles. The molecule has 8 nitrogen and oxygen atoms in total. The molecule has 8 heteroatoms. The normalized spacial score (nSPS) is 15.9. The number of esters is 1. The number of imide groups is 1. The predicted octanol–water partition coefficient (Wildman–Crippen LogP) is 0.466. The summed E-state index contributed by atoms with van der Waals surface area (Å²) in [6, 6.07) is 3.75. The van der Waals surface area contributed by atoms with Crippen molar-refractivity contribution in [3.05, 3.63) is 29.5 Å². The van der Waals surface area contributed by atoms with Gasteiger partial charge in [0.2, 0.25) is 0 Å². The SMILES string of the molecule is COC(=O)CN1C(=O)NC(=Cc2ccc(O)c(OC)c2)C1=O. The van der Waals surface area contributed by atoms with Crippen molar-refractivity contribution in [2.75, 3.05) is 20.8 Å². The number of phenols is 1. The Kier molecular flexibility index (Phi) is 4.31. The van der Waals surface area contributed by atoms with Crippen LogP contribution >= 0.6 is 0 Å². The molecule has 0 bridgehead atoms. The largest absolute Gasteiger partial charge is 0.504 e. The average Bonchev–Trinajstić information content (AvgIpc) is 2.76. The number of rotatable bonds is 4. The highest BCUT2D eigenvalue weighted by atomic mass is 16.5. The van der Waals surface area contributed by atoms with Gasteiger partial charge >= 0.3 is 12.0 Å². The first-order valence-corrected chi connectivity index (χ1v) is 6.24. The smallest absolute Gasteiger partial charge is 0.329 e. The highest BCUT2D eigenvalue weighted by molar-refractivity contribution is 6.15. The summed E-state index contributed by atoms with van der Waals surface area (Å²) in [5.74, 6) is -1.14. The van der Waals surface area contributed by atoms with Gasteiger partial charge in [-0.1, -0.05) is 6.07 Å². The Morgan fingerprint density at radius 3 is 2.73 bits per heavy atom. The van der Waals surface area contributed by atoms with Crippen LogP contribution in [0.4, 0.5) is 4.79 Å². The molecular formula is C14H14N2O6. The lowest BCUT2D eigenvalue weighted by atomic mass is 10.1. The molecule has 0 atom stereocenters. The molecule has 3 amide bonds. The van der Waals surface area contributed by atoms with Crippen molar-refractivity contribution in [3.63, 3.8) is 0 Å². The fraction of sp³-hybridized carbons (Fsp3) is 0.214. The van der Waals surface area contributed by atoms with Crippen LogP contribution in [0.2, 0.25) is 0 Å². The molecule has 1 aliphatic rings. The van der Waals surface area contributed by atoms with Crippen LogP contribution in [0.25, 0.3) is 6.08 Å². The van der Waals surface area contributed by atoms with E-state index >= 15 is 0 Å². The quantitative estimate of drug-likeness (QED) is 0.476. The number of nitrogens with one attached hydrogen (secondary N) is 1. The van der Waals surface area contributed by atoms with E-state index in [0.717, 1.165) is 4.90 Å². The van der Waals surface area contributed by atoms with E-state index in [9.17, 15) is 19.5 Å². The Morgan fingerprint density at radius 1 is 1.36 bits per heavy atom. The Bertz CT molecular complexity index is 667.